The molecule has 0 spiro atoms. The predicted molar refractivity (Wildman–Crippen MR) is 143 cm³/mol. The number of amides is 3. The van der Waals surface area contributed by atoms with E-state index in [1.807, 2.05) is 57.2 Å². The number of hydrogen-bond acceptors (Lipinski definition) is 6. The molecule has 9 nitrogen and oxygen atoms in total. The lowest BCUT2D eigenvalue weighted by Gasteiger charge is -2.13. The molecular weight excluding hydrogens is 472 g/mol. The second kappa shape index (κ2) is 13.4. The van der Waals surface area contributed by atoms with Crippen molar-refractivity contribution in [3.8, 4) is 11.5 Å². The van der Waals surface area contributed by atoms with Gasteiger partial charge in [-0.05, 0) is 73.4 Å². The van der Waals surface area contributed by atoms with Crippen molar-refractivity contribution in [3.05, 3.63) is 83.4 Å². The number of rotatable bonds is 10. The molecule has 0 aliphatic heterocycles. The molecule has 0 unspecified atom stereocenters. The lowest BCUT2D eigenvalue weighted by molar-refractivity contribution is -0.136. The summed E-state index contributed by atoms with van der Waals surface area (Å²) in [5.41, 5.74) is 6.11. The molecule has 0 atom stereocenters. The first-order valence-corrected chi connectivity index (χ1v) is 11.9. The van der Waals surface area contributed by atoms with Crippen LogP contribution in [0.4, 0.5) is 11.4 Å². The van der Waals surface area contributed by atoms with Gasteiger partial charge in [0.05, 0.1) is 12.8 Å². The Morgan fingerprint density at radius 1 is 0.865 bits per heavy atom. The number of ether oxygens (including phenoxy) is 2. The van der Waals surface area contributed by atoms with Gasteiger partial charge in [-0.2, -0.15) is 5.10 Å². The van der Waals surface area contributed by atoms with Crippen molar-refractivity contribution in [2.45, 2.75) is 27.2 Å². The lowest BCUT2D eigenvalue weighted by Crippen LogP contribution is -2.32. The smallest absolute Gasteiger partial charge is 0.329 e. The van der Waals surface area contributed by atoms with Gasteiger partial charge in [-0.15, -0.1) is 0 Å². The standard InChI is InChI=1S/C28H30N4O5/c1-4-20-10-13-22(14-11-20)30-27(34)28(35)32-29-17-21-12-15-24(25(16-21)36-5-2)37-18-26(33)31-23-9-7-6-8-19(23)3/h6-17H,4-5,18H2,1-3H3,(H,30,34)(H,31,33)(H,32,35)/b29-17-. The van der Waals surface area contributed by atoms with Crippen LogP contribution in [0.5, 0.6) is 11.5 Å². The van der Waals surface area contributed by atoms with Crippen LogP contribution < -0.4 is 25.5 Å². The van der Waals surface area contributed by atoms with E-state index in [2.05, 4.69) is 21.2 Å². The molecule has 0 radical (unpaired) electrons. The average molecular weight is 503 g/mol. The molecule has 3 aromatic carbocycles. The maximum Gasteiger partial charge on any atom is 0.329 e. The van der Waals surface area contributed by atoms with Gasteiger partial charge in [0.15, 0.2) is 18.1 Å². The highest BCUT2D eigenvalue weighted by molar-refractivity contribution is 6.39. The van der Waals surface area contributed by atoms with E-state index < -0.39 is 11.8 Å². The fourth-order valence-corrected chi connectivity index (χ4v) is 3.26. The molecule has 3 aromatic rings. The van der Waals surface area contributed by atoms with Crippen LogP contribution in [0.1, 0.15) is 30.5 Å². The van der Waals surface area contributed by atoms with Crippen LogP contribution >= 0.6 is 0 Å². The first-order valence-electron chi connectivity index (χ1n) is 11.9. The Kier molecular flexibility index (Phi) is 9.78. The molecule has 9 heteroatoms. The summed E-state index contributed by atoms with van der Waals surface area (Å²) in [6.07, 6.45) is 2.25. The third-order valence-corrected chi connectivity index (χ3v) is 5.25. The van der Waals surface area contributed by atoms with Crippen LogP contribution in [-0.2, 0) is 20.8 Å². The van der Waals surface area contributed by atoms with Crippen LogP contribution in [0.25, 0.3) is 0 Å². The van der Waals surface area contributed by atoms with Gasteiger partial charge in [0, 0.05) is 11.4 Å². The van der Waals surface area contributed by atoms with Crippen LogP contribution in [0.3, 0.4) is 0 Å². The minimum atomic E-state index is -0.902. The number of carbonyl (C=O) groups excluding carboxylic acids is 3. The molecule has 0 aromatic heterocycles. The van der Waals surface area contributed by atoms with E-state index in [1.165, 1.54) is 6.21 Å². The monoisotopic (exact) mass is 502 g/mol. The van der Waals surface area contributed by atoms with Crippen LogP contribution in [0.15, 0.2) is 71.8 Å². The van der Waals surface area contributed by atoms with Gasteiger partial charge in [-0.3, -0.25) is 14.4 Å². The number of carbonyl (C=O) groups is 3. The van der Waals surface area contributed by atoms with Crippen LogP contribution in [-0.4, -0.2) is 37.1 Å². The Morgan fingerprint density at radius 3 is 2.32 bits per heavy atom. The summed E-state index contributed by atoms with van der Waals surface area (Å²) < 4.78 is 11.3. The molecule has 192 valence electrons. The second-order valence-electron chi connectivity index (χ2n) is 7.99. The molecule has 0 heterocycles. The van der Waals surface area contributed by atoms with Crippen molar-refractivity contribution in [2.75, 3.05) is 23.8 Å². The quantitative estimate of drug-likeness (QED) is 0.220. The number of anilines is 2. The largest absolute Gasteiger partial charge is 0.490 e. The Labute approximate surface area is 215 Å². The molecule has 0 aliphatic rings. The maximum absolute atomic E-state index is 12.3. The van der Waals surface area contributed by atoms with Crippen molar-refractivity contribution < 1.29 is 23.9 Å². The minimum Gasteiger partial charge on any atom is -0.490 e. The van der Waals surface area contributed by atoms with E-state index in [4.69, 9.17) is 9.47 Å². The summed E-state index contributed by atoms with van der Waals surface area (Å²) >= 11 is 0. The molecule has 3 amide bonds. The number of hydrogen-bond donors (Lipinski definition) is 3. The van der Waals surface area contributed by atoms with Gasteiger partial charge in [0.25, 0.3) is 5.91 Å². The van der Waals surface area contributed by atoms with Crippen LogP contribution in [0.2, 0.25) is 0 Å². The zero-order chi connectivity index (χ0) is 26.6. The summed E-state index contributed by atoms with van der Waals surface area (Å²) in [6, 6.07) is 19.7. The van der Waals surface area contributed by atoms with Crippen molar-refractivity contribution in [3.63, 3.8) is 0 Å². The van der Waals surface area contributed by atoms with Gasteiger partial charge in [-0.1, -0.05) is 37.3 Å². The van der Waals surface area contributed by atoms with E-state index in [-0.39, 0.29) is 12.5 Å². The highest BCUT2D eigenvalue weighted by Crippen LogP contribution is 2.28. The van der Waals surface area contributed by atoms with Gasteiger partial charge in [0.2, 0.25) is 0 Å². The summed E-state index contributed by atoms with van der Waals surface area (Å²) in [4.78, 5) is 36.5. The van der Waals surface area contributed by atoms with Crippen molar-refractivity contribution >= 4 is 35.3 Å². The third kappa shape index (κ3) is 8.21. The van der Waals surface area contributed by atoms with E-state index in [0.29, 0.717) is 29.4 Å². The Morgan fingerprint density at radius 2 is 1.62 bits per heavy atom. The second-order valence-corrected chi connectivity index (χ2v) is 7.99. The van der Waals surface area contributed by atoms with Gasteiger partial charge >= 0.3 is 11.8 Å². The molecular formula is C28H30N4O5. The minimum absolute atomic E-state index is 0.200. The molecule has 0 fully saturated rings. The molecule has 0 saturated heterocycles. The topological polar surface area (TPSA) is 118 Å². The van der Waals surface area contributed by atoms with E-state index in [1.54, 1.807) is 30.3 Å². The number of hydrazone groups is 1. The number of nitrogens with one attached hydrogen (secondary N) is 3. The van der Waals surface area contributed by atoms with Crippen molar-refractivity contribution in [1.29, 1.82) is 0 Å². The predicted octanol–water partition coefficient (Wildman–Crippen LogP) is 4.06. The van der Waals surface area contributed by atoms with Crippen molar-refractivity contribution in [1.82, 2.24) is 5.43 Å². The maximum atomic E-state index is 12.3. The molecule has 37 heavy (non-hydrogen) atoms. The fourth-order valence-electron chi connectivity index (χ4n) is 3.26. The summed E-state index contributed by atoms with van der Waals surface area (Å²) in [7, 11) is 0. The molecule has 3 rings (SSSR count). The number of aryl methyl sites for hydroxylation is 2. The number of nitrogens with zero attached hydrogens (tertiary/aromatic N) is 1. The van der Waals surface area contributed by atoms with Gasteiger partial charge in [0.1, 0.15) is 0 Å². The summed E-state index contributed by atoms with van der Waals surface area (Å²) in [5, 5.41) is 9.18. The first kappa shape index (κ1) is 26.9. The Bertz CT molecular complexity index is 1270. The zero-order valence-electron chi connectivity index (χ0n) is 21.0. The Hall–Kier alpha value is -4.66. The average Bonchev–Trinajstić information content (AvgIpc) is 2.90. The SMILES string of the molecule is CCOc1cc(/C=N\NC(=O)C(=O)Nc2ccc(CC)cc2)ccc1OCC(=O)Nc1ccccc1C. The van der Waals surface area contributed by atoms with Gasteiger partial charge in [-0.25, -0.2) is 5.43 Å². The highest BCUT2D eigenvalue weighted by Gasteiger charge is 2.13. The number of para-hydroxylation sites is 1. The fraction of sp³-hybridized carbons (Fsp3) is 0.214. The lowest BCUT2D eigenvalue weighted by atomic mass is 10.1. The molecule has 0 bridgehead atoms. The number of benzene rings is 3. The van der Waals surface area contributed by atoms with E-state index >= 15 is 0 Å². The molecule has 3 N–H and O–H groups in total. The normalized spacial score (nSPS) is 10.6. The molecule has 0 aliphatic carbocycles. The zero-order valence-corrected chi connectivity index (χ0v) is 21.0. The summed E-state index contributed by atoms with van der Waals surface area (Å²) in [5.74, 6) is -1.24. The highest BCUT2D eigenvalue weighted by atomic mass is 16.5. The molecule has 0 saturated carbocycles. The third-order valence-electron chi connectivity index (χ3n) is 5.25. The van der Waals surface area contributed by atoms with Crippen molar-refractivity contribution in [2.24, 2.45) is 5.10 Å². The van der Waals surface area contributed by atoms with Crippen LogP contribution in [0, 0.1) is 6.92 Å². The van der Waals surface area contributed by atoms with E-state index in [9.17, 15) is 14.4 Å². The summed E-state index contributed by atoms with van der Waals surface area (Å²) in [6.45, 7) is 5.94. The Balaban J connectivity index is 1.55. The van der Waals surface area contributed by atoms with Gasteiger partial charge < -0.3 is 20.1 Å². The van der Waals surface area contributed by atoms with E-state index in [0.717, 1.165) is 23.2 Å². The first-order chi connectivity index (χ1) is 17.9.